The lowest BCUT2D eigenvalue weighted by Crippen LogP contribution is -2.04. The summed E-state index contributed by atoms with van der Waals surface area (Å²) in [5.74, 6) is 0. The lowest BCUT2D eigenvalue weighted by molar-refractivity contribution is -0.345. The van der Waals surface area contributed by atoms with Gasteiger partial charge < -0.3 is 5.53 Å². The van der Waals surface area contributed by atoms with E-state index in [2.05, 4.69) is 102 Å². The highest BCUT2D eigenvalue weighted by atomic mass is 15.2. The van der Waals surface area contributed by atoms with E-state index in [0.717, 1.165) is 80.3 Å². The van der Waals surface area contributed by atoms with E-state index in [1.807, 2.05) is 0 Å². The molecule has 0 saturated heterocycles. The zero-order chi connectivity index (χ0) is 35.3. The van der Waals surface area contributed by atoms with E-state index in [4.69, 9.17) is 0 Å². The van der Waals surface area contributed by atoms with Gasteiger partial charge in [-0.25, -0.2) is 4.70 Å². The van der Waals surface area contributed by atoms with Crippen LogP contribution >= 0.6 is 0 Å². The Morgan fingerprint density at radius 2 is 0.898 bits per heavy atom. The summed E-state index contributed by atoms with van der Waals surface area (Å²) < 4.78 is 1.60. The summed E-state index contributed by atoms with van der Waals surface area (Å²) in [5.41, 5.74) is 24.5. The van der Waals surface area contributed by atoms with E-state index >= 15 is 0 Å². The van der Waals surface area contributed by atoms with Gasteiger partial charge in [-0.15, -0.1) is 0 Å². The standard InChI is InChI=1S/C47H70N2/c1-7-13-17-19-21-23-26-28-40-33-41(29-27-24-22-20-18-14-8-2)37-43(36-40)47-45(31-25-15-9-3)44(30-16-10-4)46(49(47)48)42-34-38(11-5)32-39(12-6)35-42/h26-29,32-37H,7-25,30-31H2,1-6H3. The van der Waals surface area contributed by atoms with Crippen LogP contribution in [0.15, 0.2) is 59.7 Å². The summed E-state index contributed by atoms with van der Waals surface area (Å²) in [6, 6.07) is 14.0. The number of aryl methyl sites for hydroxylation is 2. The first-order chi connectivity index (χ1) is 24.0. The normalized spacial score (nSPS) is 13.7. The van der Waals surface area contributed by atoms with Crippen molar-refractivity contribution < 1.29 is 4.70 Å². The van der Waals surface area contributed by atoms with Crippen LogP contribution in [0.5, 0.6) is 0 Å². The first-order valence-corrected chi connectivity index (χ1v) is 20.6. The third-order valence-electron chi connectivity index (χ3n) is 10.1. The minimum atomic E-state index is 0.994. The van der Waals surface area contributed by atoms with E-state index < -0.39 is 0 Å². The Morgan fingerprint density at radius 1 is 0.469 bits per heavy atom. The molecule has 2 nitrogen and oxygen atoms in total. The molecule has 268 valence electrons. The van der Waals surface area contributed by atoms with Crippen molar-refractivity contribution in [2.75, 3.05) is 0 Å². The van der Waals surface area contributed by atoms with Crippen LogP contribution in [0.2, 0.25) is 0 Å². The average Bonchev–Trinajstić information content (AvgIpc) is 3.39. The minimum Gasteiger partial charge on any atom is -0.493 e. The van der Waals surface area contributed by atoms with Crippen LogP contribution in [-0.2, 0) is 12.8 Å². The van der Waals surface area contributed by atoms with Gasteiger partial charge in [0.15, 0.2) is 0 Å². The maximum Gasteiger partial charge on any atom is 0.211 e. The molecule has 0 unspecified atom stereocenters. The lowest BCUT2D eigenvalue weighted by atomic mass is 9.90. The second kappa shape index (κ2) is 23.4. The molecule has 0 saturated carbocycles. The van der Waals surface area contributed by atoms with Crippen molar-refractivity contribution in [3.63, 3.8) is 0 Å². The van der Waals surface area contributed by atoms with E-state index in [1.165, 1.54) is 110 Å². The summed E-state index contributed by atoms with van der Waals surface area (Å²) in [6.07, 6.45) is 34.5. The highest BCUT2D eigenvalue weighted by Gasteiger charge is 2.35. The molecule has 2 heteroatoms. The van der Waals surface area contributed by atoms with Crippen molar-refractivity contribution in [2.45, 2.75) is 176 Å². The van der Waals surface area contributed by atoms with Crippen LogP contribution in [-0.4, -0.2) is 4.70 Å². The van der Waals surface area contributed by atoms with E-state index in [0.29, 0.717) is 0 Å². The number of unbranched alkanes of at least 4 members (excludes halogenated alkanes) is 13. The van der Waals surface area contributed by atoms with Crippen molar-refractivity contribution in [3.05, 3.63) is 98.6 Å². The molecular weight excluding hydrogens is 593 g/mol. The average molecular weight is 663 g/mol. The SMILES string of the molecule is CCCCCCCC=Cc1cc(C=CCCCCCCC)cc(C2=C(CCCCC)C(CCCC)=C(c3cc(CC)cc(CC)c3)[N+]2=[N-])c1. The summed E-state index contributed by atoms with van der Waals surface area (Å²) >= 11 is 0. The minimum absolute atomic E-state index is 0.994. The van der Waals surface area contributed by atoms with Crippen molar-refractivity contribution in [3.8, 4) is 0 Å². The predicted molar refractivity (Wildman–Crippen MR) is 218 cm³/mol. The molecule has 2 aromatic carbocycles. The zero-order valence-electron chi connectivity index (χ0n) is 32.5. The van der Waals surface area contributed by atoms with E-state index in [9.17, 15) is 5.53 Å². The van der Waals surface area contributed by atoms with E-state index in [1.54, 1.807) is 4.70 Å². The largest absolute Gasteiger partial charge is 0.493 e. The number of allylic oxidation sites excluding steroid dienone is 4. The molecule has 0 fully saturated rings. The molecule has 0 spiro atoms. The molecular formula is C47H70N2. The van der Waals surface area contributed by atoms with Gasteiger partial charge in [-0.2, -0.15) is 0 Å². The Bertz CT molecular complexity index is 1350. The van der Waals surface area contributed by atoms with Crippen molar-refractivity contribution in [1.29, 1.82) is 0 Å². The molecule has 49 heavy (non-hydrogen) atoms. The summed E-state index contributed by atoms with van der Waals surface area (Å²) in [7, 11) is 0. The van der Waals surface area contributed by atoms with Crippen molar-refractivity contribution >= 4 is 23.5 Å². The molecule has 0 amide bonds. The molecule has 0 bridgehead atoms. The quantitative estimate of drug-likeness (QED) is 0.0747. The number of rotatable bonds is 25. The van der Waals surface area contributed by atoms with Crippen LogP contribution in [0, 0.1) is 0 Å². The number of hydrogen-bond acceptors (Lipinski definition) is 0. The van der Waals surface area contributed by atoms with Gasteiger partial charge in [0.05, 0.1) is 0 Å². The molecule has 0 N–H and O–H groups in total. The number of hydrogen-bond donors (Lipinski definition) is 0. The van der Waals surface area contributed by atoms with Gasteiger partial charge in [-0.05, 0) is 117 Å². The van der Waals surface area contributed by atoms with Crippen LogP contribution < -0.4 is 0 Å². The van der Waals surface area contributed by atoms with Crippen LogP contribution in [0.4, 0.5) is 0 Å². The summed E-state index contributed by atoms with van der Waals surface area (Å²) in [4.78, 5) is 0. The van der Waals surface area contributed by atoms with Gasteiger partial charge in [-0.3, -0.25) is 0 Å². The Morgan fingerprint density at radius 3 is 1.37 bits per heavy atom. The molecule has 1 aliphatic heterocycles. The molecule has 0 atom stereocenters. The van der Waals surface area contributed by atoms with Crippen LogP contribution in [0.3, 0.4) is 0 Å². The topological polar surface area (TPSA) is 25.3 Å². The van der Waals surface area contributed by atoms with Crippen molar-refractivity contribution in [2.24, 2.45) is 0 Å². The first-order valence-electron chi connectivity index (χ1n) is 20.6. The summed E-state index contributed by atoms with van der Waals surface area (Å²) in [6.45, 7) is 13.6. The number of nitrogens with zero attached hydrogens (tertiary/aromatic N) is 2. The van der Waals surface area contributed by atoms with E-state index in [-0.39, 0.29) is 0 Å². The molecule has 0 aromatic heterocycles. The van der Waals surface area contributed by atoms with Gasteiger partial charge in [0, 0.05) is 22.3 Å². The maximum absolute atomic E-state index is 12.4. The van der Waals surface area contributed by atoms with Crippen LogP contribution in [0.1, 0.15) is 197 Å². The lowest BCUT2D eigenvalue weighted by Gasteiger charge is -2.13. The van der Waals surface area contributed by atoms with Gasteiger partial charge in [0.25, 0.3) is 0 Å². The molecule has 0 radical (unpaired) electrons. The molecule has 3 rings (SSSR count). The number of benzene rings is 2. The molecule has 0 aliphatic carbocycles. The fourth-order valence-corrected chi connectivity index (χ4v) is 7.17. The van der Waals surface area contributed by atoms with Crippen LogP contribution in [0.25, 0.3) is 29.1 Å². The first kappa shape index (κ1) is 40.4. The third kappa shape index (κ3) is 13.0. The van der Waals surface area contributed by atoms with Gasteiger partial charge >= 0.3 is 0 Å². The molecule has 1 heterocycles. The smallest absolute Gasteiger partial charge is 0.211 e. The second-order valence-electron chi connectivity index (χ2n) is 14.4. The monoisotopic (exact) mass is 663 g/mol. The van der Waals surface area contributed by atoms with Gasteiger partial charge in [0.2, 0.25) is 11.4 Å². The highest BCUT2D eigenvalue weighted by molar-refractivity contribution is 5.83. The van der Waals surface area contributed by atoms with Gasteiger partial charge in [0.1, 0.15) is 0 Å². The van der Waals surface area contributed by atoms with Crippen molar-refractivity contribution in [1.82, 2.24) is 0 Å². The Kier molecular flexibility index (Phi) is 19.3. The fourth-order valence-electron chi connectivity index (χ4n) is 7.17. The zero-order valence-corrected chi connectivity index (χ0v) is 32.5. The fraction of sp³-hybridized carbons (Fsp3) is 0.574. The molecule has 1 aliphatic rings. The third-order valence-corrected chi connectivity index (χ3v) is 10.1. The Balaban J connectivity index is 2.10. The Hall–Kier alpha value is -3.00. The second-order valence-corrected chi connectivity index (χ2v) is 14.4. The van der Waals surface area contributed by atoms with Gasteiger partial charge in [-0.1, -0.05) is 143 Å². The summed E-state index contributed by atoms with van der Waals surface area (Å²) in [5, 5.41) is 0. The predicted octanol–water partition coefficient (Wildman–Crippen LogP) is 15.5. The maximum atomic E-state index is 12.4. The molecule has 2 aromatic rings. The Labute approximate surface area is 302 Å². The highest BCUT2D eigenvalue weighted by Crippen LogP contribution is 2.45.